The first-order valence-corrected chi connectivity index (χ1v) is 10.8. The third-order valence-electron chi connectivity index (χ3n) is 4.96. The van der Waals surface area contributed by atoms with E-state index < -0.39 is 11.8 Å². The normalized spacial score (nSPS) is 16.0. The Bertz CT molecular complexity index is 977. The zero-order chi connectivity index (χ0) is 24.0. The Morgan fingerprint density at radius 2 is 1.79 bits per heavy atom. The summed E-state index contributed by atoms with van der Waals surface area (Å²) in [5.74, 6) is 1.28. The molecule has 1 aliphatic heterocycles. The summed E-state index contributed by atoms with van der Waals surface area (Å²) < 4.78 is 17.1. The molecule has 0 fully saturated rings. The van der Waals surface area contributed by atoms with Gasteiger partial charge in [0.25, 0.3) is 11.8 Å². The highest BCUT2D eigenvalue weighted by molar-refractivity contribution is 5.98. The molecule has 2 aromatic carbocycles. The van der Waals surface area contributed by atoms with Crippen LogP contribution in [0, 0.1) is 0 Å². The van der Waals surface area contributed by atoms with E-state index in [2.05, 4.69) is 16.0 Å². The van der Waals surface area contributed by atoms with Crippen LogP contribution in [0.15, 0.2) is 42.5 Å². The van der Waals surface area contributed by atoms with E-state index in [1.165, 1.54) is 0 Å². The van der Waals surface area contributed by atoms with E-state index in [9.17, 15) is 14.7 Å². The first-order valence-electron chi connectivity index (χ1n) is 10.8. The van der Waals surface area contributed by atoms with Crippen molar-refractivity contribution in [3.63, 3.8) is 0 Å². The van der Waals surface area contributed by atoms with E-state index in [-0.39, 0.29) is 24.5 Å². The SMILES string of the molecule is CNC(=O)c1ccc(OCC(O)CNC(C)COc2ccc3c(c2)C(=O)NC(C)(C)O3)cc1. The Kier molecular flexibility index (Phi) is 7.78. The van der Waals surface area contributed by atoms with Gasteiger partial charge in [0.2, 0.25) is 0 Å². The quantitative estimate of drug-likeness (QED) is 0.429. The number of hydrogen-bond donors (Lipinski definition) is 4. The molecular formula is C24H31N3O6. The van der Waals surface area contributed by atoms with Gasteiger partial charge < -0.3 is 35.3 Å². The summed E-state index contributed by atoms with van der Waals surface area (Å²) in [4.78, 5) is 23.8. The largest absolute Gasteiger partial charge is 0.492 e. The third-order valence-corrected chi connectivity index (χ3v) is 4.96. The van der Waals surface area contributed by atoms with Crippen LogP contribution in [-0.4, -0.2) is 61.6 Å². The summed E-state index contributed by atoms with van der Waals surface area (Å²) in [6, 6.07) is 11.8. The van der Waals surface area contributed by atoms with Crippen molar-refractivity contribution < 1.29 is 28.9 Å². The first-order chi connectivity index (χ1) is 15.7. The van der Waals surface area contributed by atoms with E-state index in [4.69, 9.17) is 14.2 Å². The van der Waals surface area contributed by atoms with E-state index in [1.807, 2.05) is 6.92 Å². The minimum absolute atomic E-state index is 0.0495. The number of carbonyl (C=O) groups is 2. The van der Waals surface area contributed by atoms with Crippen molar-refractivity contribution in [3.8, 4) is 17.2 Å². The number of fused-ring (bicyclic) bond motifs is 1. The summed E-state index contributed by atoms with van der Waals surface area (Å²) in [6.07, 6.45) is -0.723. The molecule has 0 aromatic heterocycles. The molecule has 1 aliphatic rings. The van der Waals surface area contributed by atoms with Crippen LogP contribution in [-0.2, 0) is 0 Å². The lowest BCUT2D eigenvalue weighted by atomic mass is 10.1. The van der Waals surface area contributed by atoms with Crippen LogP contribution >= 0.6 is 0 Å². The maximum absolute atomic E-state index is 12.3. The summed E-state index contributed by atoms with van der Waals surface area (Å²) in [6.45, 7) is 6.28. The number of rotatable bonds is 10. The van der Waals surface area contributed by atoms with Crippen LogP contribution in [0.3, 0.4) is 0 Å². The van der Waals surface area contributed by atoms with Crippen molar-refractivity contribution in [1.29, 1.82) is 0 Å². The molecule has 0 bridgehead atoms. The molecule has 2 aromatic rings. The molecular weight excluding hydrogens is 426 g/mol. The van der Waals surface area contributed by atoms with Gasteiger partial charge in [-0.3, -0.25) is 9.59 Å². The summed E-state index contributed by atoms with van der Waals surface area (Å²) in [5.41, 5.74) is 0.227. The second-order valence-corrected chi connectivity index (χ2v) is 8.41. The number of hydrogen-bond acceptors (Lipinski definition) is 7. The third kappa shape index (κ3) is 6.84. The van der Waals surface area contributed by atoms with Crippen LogP contribution in [0.4, 0.5) is 0 Å². The molecule has 0 spiro atoms. The molecule has 0 saturated carbocycles. The van der Waals surface area contributed by atoms with Crippen molar-refractivity contribution in [2.45, 2.75) is 38.6 Å². The Balaban J connectivity index is 1.40. The van der Waals surface area contributed by atoms with Crippen molar-refractivity contribution in [2.24, 2.45) is 0 Å². The molecule has 0 saturated heterocycles. The van der Waals surface area contributed by atoms with E-state index >= 15 is 0 Å². The minimum atomic E-state index is -0.746. The molecule has 9 nitrogen and oxygen atoms in total. The number of ether oxygens (including phenoxy) is 3. The standard InChI is InChI=1S/C24H31N3O6/c1-15(13-31-19-9-10-21-20(11-19)23(30)27-24(2,3)33-21)26-12-17(28)14-32-18-7-5-16(6-8-18)22(29)25-4/h5-11,15,17,26,28H,12-14H2,1-4H3,(H,25,29)(H,27,30). The monoisotopic (exact) mass is 457 g/mol. The smallest absolute Gasteiger partial charge is 0.258 e. The zero-order valence-electron chi connectivity index (χ0n) is 19.3. The van der Waals surface area contributed by atoms with Gasteiger partial charge in [0.15, 0.2) is 5.72 Å². The molecule has 9 heteroatoms. The van der Waals surface area contributed by atoms with Crippen LogP contribution in [0.1, 0.15) is 41.5 Å². The highest BCUT2D eigenvalue weighted by Gasteiger charge is 2.31. The lowest BCUT2D eigenvalue weighted by molar-refractivity contribution is 0.0431. The highest BCUT2D eigenvalue weighted by atomic mass is 16.5. The second-order valence-electron chi connectivity index (χ2n) is 8.41. The van der Waals surface area contributed by atoms with Crippen LogP contribution in [0.5, 0.6) is 17.2 Å². The zero-order valence-corrected chi connectivity index (χ0v) is 19.3. The van der Waals surface area contributed by atoms with Crippen LogP contribution in [0.25, 0.3) is 0 Å². The molecule has 2 amide bonds. The van der Waals surface area contributed by atoms with Gasteiger partial charge in [-0.25, -0.2) is 0 Å². The van der Waals surface area contributed by atoms with E-state index in [0.29, 0.717) is 41.5 Å². The first kappa shape index (κ1) is 24.3. The van der Waals surface area contributed by atoms with E-state index in [1.54, 1.807) is 63.4 Å². The maximum atomic E-state index is 12.3. The maximum Gasteiger partial charge on any atom is 0.258 e. The number of aliphatic hydroxyl groups is 1. The van der Waals surface area contributed by atoms with Crippen molar-refractivity contribution in [3.05, 3.63) is 53.6 Å². The number of nitrogens with one attached hydrogen (secondary N) is 3. The molecule has 33 heavy (non-hydrogen) atoms. The van der Waals surface area contributed by atoms with Gasteiger partial charge in [0.05, 0.1) is 5.56 Å². The molecule has 2 unspecified atom stereocenters. The van der Waals surface area contributed by atoms with Gasteiger partial charge in [0, 0.05) is 25.2 Å². The lowest BCUT2D eigenvalue weighted by Crippen LogP contribution is -2.51. The Hall–Kier alpha value is -3.30. The summed E-state index contributed by atoms with van der Waals surface area (Å²) in [7, 11) is 1.57. The van der Waals surface area contributed by atoms with Crippen molar-refractivity contribution in [1.82, 2.24) is 16.0 Å². The summed E-state index contributed by atoms with van der Waals surface area (Å²) in [5, 5.41) is 18.7. The average molecular weight is 458 g/mol. The van der Waals surface area contributed by atoms with Gasteiger partial charge in [-0.05, 0) is 63.2 Å². The Morgan fingerprint density at radius 1 is 1.12 bits per heavy atom. The highest BCUT2D eigenvalue weighted by Crippen LogP contribution is 2.30. The number of carbonyl (C=O) groups excluding carboxylic acids is 2. The molecule has 0 aliphatic carbocycles. The number of aliphatic hydroxyl groups excluding tert-OH is 1. The number of amides is 2. The van der Waals surface area contributed by atoms with Gasteiger partial charge in [-0.1, -0.05) is 0 Å². The molecule has 3 rings (SSSR count). The molecule has 1 heterocycles. The van der Waals surface area contributed by atoms with Gasteiger partial charge in [0.1, 0.15) is 36.6 Å². The van der Waals surface area contributed by atoms with Crippen LogP contribution < -0.4 is 30.2 Å². The molecule has 0 radical (unpaired) electrons. The predicted molar refractivity (Wildman–Crippen MR) is 123 cm³/mol. The Labute approximate surface area is 193 Å². The fourth-order valence-corrected chi connectivity index (χ4v) is 3.22. The molecule has 2 atom stereocenters. The lowest BCUT2D eigenvalue weighted by Gasteiger charge is -2.33. The van der Waals surface area contributed by atoms with Gasteiger partial charge >= 0.3 is 0 Å². The fourth-order valence-electron chi connectivity index (χ4n) is 3.22. The van der Waals surface area contributed by atoms with E-state index in [0.717, 1.165) is 0 Å². The van der Waals surface area contributed by atoms with Gasteiger partial charge in [-0.2, -0.15) is 0 Å². The number of benzene rings is 2. The predicted octanol–water partition coefficient (Wildman–Crippen LogP) is 1.70. The molecule has 4 N–H and O–H groups in total. The van der Waals surface area contributed by atoms with Crippen LogP contribution in [0.2, 0.25) is 0 Å². The van der Waals surface area contributed by atoms with Gasteiger partial charge in [-0.15, -0.1) is 0 Å². The Morgan fingerprint density at radius 3 is 2.48 bits per heavy atom. The van der Waals surface area contributed by atoms with Crippen molar-refractivity contribution >= 4 is 11.8 Å². The topological polar surface area (TPSA) is 118 Å². The minimum Gasteiger partial charge on any atom is -0.492 e. The average Bonchev–Trinajstić information content (AvgIpc) is 2.79. The van der Waals surface area contributed by atoms with Crippen molar-refractivity contribution in [2.75, 3.05) is 26.8 Å². The molecule has 178 valence electrons. The second kappa shape index (κ2) is 10.5. The summed E-state index contributed by atoms with van der Waals surface area (Å²) >= 11 is 0. The fraction of sp³-hybridized carbons (Fsp3) is 0.417.